The number of pyridine rings is 1. The maximum Gasteiger partial charge on any atom is 0.128 e. The van der Waals surface area contributed by atoms with Crippen LogP contribution in [-0.4, -0.2) is 18.1 Å². The molecule has 21 heavy (non-hydrogen) atoms. The summed E-state index contributed by atoms with van der Waals surface area (Å²) in [6.45, 7) is 1.99. The molecule has 0 saturated carbocycles. The number of hydrogen-bond acceptors (Lipinski definition) is 3. The van der Waals surface area contributed by atoms with E-state index >= 15 is 0 Å². The SMILES string of the molecule is Nc1ccc(N2CCC(Cc3cccc(F)c3)CC2)nc1. The first-order chi connectivity index (χ1) is 10.2. The summed E-state index contributed by atoms with van der Waals surface area (Å²) in [5.41, 5.74) is 7.46. The molecule has 1 aliphatic rings. The fourth-order valence-electron chi connectivity index (χ4n) is 2.95. The summed E-state index contributed by atoms with van der Waals surface area (Å²) in [6, 6.07) is 10.8. The highest BCUT2D eigenvalue weighted by molar-refractivity contribution is 5.45. The number of nitrogens with zero attached hydrogens (tertiary/aromatic N) is 2. The summed E-state index contributed by atoms with van der Waals surface area (Å²) < 4.78 is 13.2. The van der Waals surface area contributed by atoms with Crippen LogP contribution in [0, 0.1) is 11.7 Å². The minimum absolute atomic E-state index is 0.143. The number of piperidine rings is 1. The Morgan fingerprint density at radius 2 is 2.00 bits per heavy atom. The summed E-state index contributed by atoms with van der Waals surface area (Å²) >= 11 is 0. The number of aromatic nitrogens is 1. The summed E-state index contributed by atoms with van der Waals surface area (Å²) in [5, 5.41) is 0. The molecular weight excluding hydrogens is 265 g/mol. The van der Waals surface area contributed by atoms with Crippen LogP contribution in [0.4, 0.5) is 15.9 Å². The van der Waals surface area contributed by atoms with Crippen LogP contribution >= 0.6 is 0 Å². The second kappa shape index (κ2) is 6.12. The molecule has 0 spiro atoms. The highest BCUT2D eigenvalue weighted by atomic mass is 19.1. The molecule has 1 fully saturated rings. The van der Waals surface area contributed by atoms with Gasteiger partial charge < -0.3 is 10.6 Å². The van der Waals surface area contributed by atoms with Gasteiger partial charge in [-0.2, -0.15) is 0 Å². The lowest BCUT2D eigenvalue weighted by Crippen LogP contribution is -2.34. The average molecular weight is 285 g/mol. The molecule has 0 amide bonds. The summed E-state index contributed by atoms with van der Waals surface area (Å²) in [7, 11) is 0. The Labute approximate surface area is 124 Å². The van der Waals surface area contributed by atoms with Gasteiger partial charge in [0.05, 0.1) is 11.9 Å². The van der Waals surface area contributed by atoms with E-state index in [2.05, 4.69) is 9.88 Å². The van der Waals surface area contributed by atoms with Gasteiger partial charge in [0.2, 0.25) is 0 Å². The zero-order chi connectivity index (χ0) is 14.7. The lowest BCUT2D eigenvalue weighted by atomic mass is 9.90. The Morgan fingerprint density at radius 3 is 2.67 bits per heavy atom. The monoisotopic (exact) mass is 285 g/mol. The molecule has 1 aliphatic heterocycles. The molecule has 0 aliphatic carbocycles. The molecule has 1 saturated heterocycles. The van der Waals surface area contributed by atoms with Gasteiger partial charge in [0.25, 0.3) is 0 Å². The zero-order valence-electron chi connectivity index (χ0n) is 12.0. The predicted molar refractivity (Wildman–Crippen MR) is 83.7 cm³/mol. The third-order valence-electron chi connectivity index (χ3n) is 4.12. The number of benzene rings is 1. The van der Waals surface area contributed by atoms with Crippen molar-refractivity contribution < 1.29 is 4.39 Å². The van der Waals surface area contributed by atoms with E-state index in [1.54, 1.807) is 18.3 Å². The number of hydrogen-bond donors (Lipinski definition) is 1. The maximum absolute atomic E-state index is 13.2. The van der Waals surface area contributed by atoms with Crippen LogP contribution in [0.25, 0.3) is 0 Å². The lowest BCUT2D eigenvalue weighted by molar-refractivity contribution is 0.401. The molecule has 2 aromatic rings. The molecule has 2 N–H and O–H groups in total. The van der Waals surface area contributed by atoms with Gasteiger partial charge in [0, 0.05) is 13.1 Å². The van der Waals surface area contributed by atoms with Crippen LogP contribution in [0.2, 0.25) is 0 Å². The van der Waals surface area contributed by atoms with Crippen LogP contribution in [0.15, 0.2) is 42.6 Å². The van der Waals surface area contributed by atoms with Crippen molar-refractivity contribution in [3.63, 3.8) is 0 Å². The molecule has 4 heteroatoms. The minimum atomic E-state index is -0.143. The topological polar surface area (TPSA) is 42.1 Å². The Bertz CT molecular complexity index is 589. The molecule has 110 valence electrons. The summed E-state index contributed by atoms with van der Waals surface area (Å²) in [6.07, 6.45) is 4.89. The van der Waals surface area contributed by atoms with Crippen LogP contribution < -0.4 is 10.6 Å². The Hall–Kier alpha value is -2.10. The summed E-state index contributed by atoms with van der Waals surface area (Å²) in [4.78, 5) is 6.67. The molecule has 0 radical (unpaired) electrons. The van der Waals surface area contributed by atoms with E-state index in [0.717, 1.165) is 43.7 Å². The fourth-order valence-corrected chi connectivity index (χ4v) is 2.95. The molecule has 3 rings (SSSR count). The van der Waals surface area contributed by atoms with Crippen LogP contribution in [-0.2, 0) is 6.42 Å². The van der Waals surface area contributed by atoms with Crippen molar-refractivity contribution in [2.24, 2.45) is 5.92 Å². The number of nitrogen functional groups attached to an aromatic ring is 1. The van der Waals surface area contributed by atoms with Gasteiger partial charge in [-0.15, -0.1) is 0 Å². The van der Waals surface area contributed by atoms with E-state index < -0.39 is 0 Å². The highest BCUT2D eigenvalue weighted by Crippen LogP contribution is 2.25. The Balaban J connectivity index is 1.56. The van der Waals surface area contributed by atoms with E-state index in [9.17, 15) is 4.39 Å². The molecule has 2 heterocycles. The van der Waals surface area contributed by atoms with Crippen LogP contribution in [0.5, 0.6) is 0 Å². The van der Waals surface area contributed by atoms with Gasteiger partial charge in [0.15, 0.2) is 0 Å². The average Bonchev–Trinajstić information content (AvgIpc) is 2.49. The van der Waals surface area contributed by atoms with Gasteiger partial charge in [-0.1, -0.05) is 12.1 Å². The Kier molecular flexibility index (Phi) is 4.04. The van der Waals surface area contributed by atoms with E-state index in [1.165, 1.54) is 6.07 Å². The third-order valence-corrected chi connectivity index (χ3v) is 4.12. The number of anilines is 2. The fraction of sp³-hybridized carbons (Fsp3) is 0.353. The first-order valence-electron chi connectivity index (χ1n) is 7.41. The second-order valence-electron chi connectivity index (χ2n) is 5.71. The van der Waals surface area contributed by atoms with Gasteiger partial charge in [0.1, 0.15) is 11.6 Å². The molecule has 0 atom stereocenters. The number of halogens is 1. The van der Waals surface area contributed by atoms with Gasteiger partial charge in [-0.25, -0.2) is 9.37 Å². The van der Waals surface area contributed by atoms with Gasteiger partial charge in [-0.3, -0.25) is 0 Å². The Morgan fingerprint density at radius 1 is 1.19 bits per heavy atom. The van der Waals surface area contributed by atoms with E-state index in [-0.39, 0.29) is 5.82 Å². The van der Waals surface area contributed by atoms with Crippen molar-refractivity contribution >= 4 is 11.5 Å². The number of rotatable bonds is 3. The van der Waals surface area contributed by atoms with E-state index in [1.807, 2.05) is 18.2 Å². The smallest absolute Gasteiger partial charge is 0.128 e. The number of nitrogens with two attached hydrogens (primary N) is 1. The zero-order valence-corrected chi connectivity index (χ0v) is 12.0. The van der Waals surface area contributed by atoms with Crippen LogP contribution in [0.1, 0.15) is 18.4 Å². The molecule has 3 nitrogen and oxygen atoms in total. The summed E-state index contributed by atoms with van der Waals surface area (Å²) in [5.74, 6) is 1.47. The molecular formula is C17H20FN3. The van der Waals surface area contributed by atoms with Crippen molar-refractivity contribution in [3.05, 3.63) is 54.0 Å². The molecule has 0 bridgehead atoms. The van der Waals surface area contributed by atoms with E-state index in [0.29, 0.717) is 11.6 Å². The largest absolute Gasteiger partial charge is 0.397 e. The van der Waals surface area contributed by atoms with Crippen LogP contribution in [0.3, 0.4) is 0 Å². The molecule has 1 aromatic heterocycles. The predicted octanol–water partition coefficient (Wildman–Crippen LogP) is 3.26. The minimum Gasteiger partial charge on any atom is -0.397 e. The van der Waals surface area contributed by atoms with Crippen molar-refractivity contribution in [2.75, 3.05) is 23.7 Å². The third kappa shape index (κ3) is 3.51. The van der Waals surface area contributed by atoms with Crippen molar-refractivity contribution in [1.29, 1.82) is 0 Å². The highest BCUT2D eigenvalue weighted by Gasteiger charge is 2.20. The van der Waals surface area contributed by atoms with Crippen molar-refractivity contribution in [1.82, 2.24) is 4.98 Å². The van der Waals surface area contributed by atoms with Crippen molar-refractivity contribution in [3.8, 4) is 0 Å². The quantitative estimate of drug-likeness (QED) is 0.941. The maximum atomic E-state index is 13.2. The van der Waals surface area contributed by atoms with Gasteiger partial charge >= 0.3 is 0 Å². The standard InChI is InChI=1S/C17H20FN3/c18-15-3-1-2-14(11-15)10-13-6-8-21(9-7-13)17-5-4-16(19)12-20-17/h1-5,11-13H,6-10,19H2. The first-order valence-corrected chi connectivity index (χ1v) is 7.41. The molecule has 1 aromatic carbocycles. The van der Waals surface area contributed by atoms with E-state index in [4.69, 9.17) is 5.73 Å². The normalized spacial score (nSPS) is 16.1. The molecule has 0 unspecified atom stereocenters. The van der Waals surface area contributed by atoms with Gasteiger partial charge in [-0.05, 0) is 55.0 Å². The second-order valence-corrected chi connectivity index (χ2v) is 5.71. The lowest BCUT2D eigenvalue weighted by Gasteiger charge is -2.33. The first kappa shape index (κ1) is 13.9. The van der Waals surface area contributed by atoms with Crippen molar-refractivity contribution in [2.45, 2.75) is 19.3 Å².